The highest BCUT2D eigenvalue weighted by atomic mass is 16.5. The molecule has 0 aliphatic carbocycles. The summed E-state index contributed by atoms with van der Waals surface area (Å²) < 4.78 is 5.00. The number of benzene rings is 1. The van der Waals surface area contributed by atoms with E-state index < -0.39 is 6.10 Å². The van der Waals surface area contributed by atoms with Crippen LogP contribution in [0.1, 0.15) is 0 Å². The normalized spacial score (nSPS) is 12.3. The summed E-state index contributed by atoms with van der Waals surface area (Å²) in [6, 6.07) is 7.50. The van der Waals surface area contributed by atoms with Gasteiger partial charge in [0.25, 0.3) is 5.91 Å². The number of nitrogens with two attached hydrogens (primary N) is 1. The van der Waals surface area contributed by atoms with Crippen molar-refractivity contribution in [1.29, 1.82) is 0 Å². The number of hydrogen-bond donors (Lipinski definition) is 2. The van der Waals surface area contributed by atoms with Crippen LogP contribution in [0.25, 0.3) is 10.8 Å². The Morgan fingerprint density at radius 1 is 1.50 bits per heavy atom. The Morgan fingerprint density at radius 3 is 3.06 bits per heavy atom. The highest BCUT2D eigenvalue weighted by Crippen LogP contribution is 2.22. The molecule has 0 bridgehead atoms. The van der Waals surface area contributed by atoms with Crippen LogP contribution in [0.2, 0.25) is 0 Å². The number of nitrogens with one attached hydrogen (secondary N) is 1. The Hall–Kier alpha value is -1.98. The van der Waals surface area contributed by atoms with Crippen molar-refractivity contribution < 1.29 is 9.53 Å². The van der Waals surface area contributed by atoms with Crippen LogP contribution in [0.4, 0.5) is 5.69 Å². The summed E-state index contributed by atoms with van der Waals surface area (Å²) in [6.45, 7) is 0.147. The van der Waals surface area contributed by atoms with Crippen molar-refractivity contribution in [3.05, 3.63) is 36.7 Å². The maximum absolute atomic E-state index is 11.9. The summed E-state index contributed by atoms with van der Waals surface area (Å²) in [4.78, 5) is 15.9. The minimum Gasteiger partial charge on any atom is -0.370 e. The first-order chi connectivity index (χ1) is 8.76. The first-order valence-electron chi connectivity index (χ1n) is 5.62. The fraction of sp³-hybridized carbons (Fsp3) is 0.231. The smallest absolute Gasteiger partial charge is 0.254 e. The zero-order chi connectivity index (χ0) is 13.0. The summed E-state index contributed by atoms with van der Waals surface area (Å²) in [5.41, 5.74) is 6.19. The summed E-state index contributed by atoms with van der Waals surface area (Å²) in [5.74, 6) is -0.246. The van der Waals surface area contributed by atoms with Crippen LogP contribution in [-0.4, -0.2) is 30.6 Å². The van der Waals surface area contributed by atoms with Gasteiger partial charge in [0.1, 0.15) is 6.10 Å². The Kier molecular flexibility index (Phi) is 3.86. The molecule has 18 heavy (non-hydrogen) atoms. The van der Waals surface area contributed by atoms with Crippen LogP contribution in [-0.2, 0) is 9.53 Å². The molecule has 1 aromatic carbocycles. The number of pyridine rings is 1. The number of amides is 1. The summed E-state index contributed by atoms with van der Waals surface area (Å²) in [5, 5.41) is 4.72. The standard InChI is InChI=1S/C13H15N3O2/c1-18-12(7-14)13(17)16-11-4-2-3-9-8-15-6-5-10(9)11/h2-6,8,12H,7,14H2,1H3,(H,16,17). The topological polar surface area (TPSA) is 77.2 Å². The molecule has 2 rings (SSSR count). The lowest BCUT2D eigenvalue weighted by atomic mass is 10.1. The Balaban J connectivity index is 2.29. The number of ether oxygens (including phenoxy) is 1. The average Bonchev–Trinajstić information content (AvgIpc) is 2.40. The van der Waals surface area contributed by atoms with Crippen molar-refractivity contribution in [1.82, 2.24) is 4.98 Å². The van der Waals surface area contributed by atoms with Crippen LogP contribution >= 0.6 is 0 Å². The van der Waals surface area contributed by atoms with Gasteiger partial charge in [-0.1, -0.05) is 12.1 Å². The lowest BCUT2D eigenvalue weighted by molar-refractivity contribution is -0.125. The van der Waals surface area contributed by atoms with Gasteiger partial charge in [0, 0.05) is 42.5 Å². The third-order valence-electron chi connectivity index (χ3n) is 2.73. The van der Waals surface area contributed by atoms with Crippen molar-refractivity contribution in [3.63, 3.8) is 0 Å². The highest BCUT2D eigenvalue weighted by Gasteiger charge is 2.16. The van der Waals surface area contributed by atoms with Gasteiger partial charge in [-0.25, -0.2) is 0 Å². The van der Waals surface area contributed by atoms with Gasteiger partial charge in [-0.2, -0.15) is 0 Å². The SMILES string of the molecule is COC(CN)C(=O)Nc1cccc2cnccc12. The molecule has 0 fully saturated rings. The molecule has 5 heteroatoms. The molecule has 1 aromatic heterocycles. The fourth-order valence-electron chi connectivity index (χ4n) is 1.76. The van der Waals surface area contributed by atoms with Gasteiger partial charge in [0.2, 0.25) is 0 Å². The van der Waals surface area contributed by atoms with Crippen LogP contribution in [0, 0.1) is 0 Å². The number of carbonyl (C=O) groups excluding carboxylic acids is 1. The monoisotopic (exact) mass is 245 g/mol. The molecule has 1 amide bonds. The van der Waals surface area contributed by atoms with Crippen molar-refractivity contribution in [2.75, 3.05) is 19.0 Å². The average molecular weight is 245 g/mol. The number of rotatable bonds is 4. The van der Waals surface area contributed by atoms with Gasteiger partial charge in [-0.05, 0) is 12.1 Å². The lowest BCUT2D eigenvalue weighted by Crippen LogP contribution is -2.35. The lowest BCUT2D eigenvalue weighted by Gasteiger charge is -2.14. The zero-order valence-corrected chi connectivity index (χ0v) is 10.1. The molecule has 0 aliphatic heterocycles. The van der Waals surface area contributed by atoms with Crippen molar-refractivity contribution in [2.24, 2.45) is 5.73 Å². The molecule has 5 nitrogen and oxygen atoms in total. The van der Waals surface area contributed by atoms with E-state index in [2.05, 4.69) is 10.3 Å². The molecule has 0 radical (unpaired) electrons. The van der Waals surface area contributed by atoms with Gasteiger partial charge >= 0.3 is 0 Å². The summed E-state index contributed by atoms with van der Waals surface area (Å²) >= 11 is 0. The van der Waals surface area contributed by atoms with E-state index in [9.17, 15) is 4.79 Å². The Bertz CT molecular complexity index is 547. The molecule has 1 heterocycles. The van der Waals surface area contributed by atoms with Gasteiger partial charge < -0.3 is 15.8 Å². The van der Waals surface area contributed by atoms with Crippen LogP contribution in [0.15, 0.2) is 36.7 Å². The molecule has 0 aliphatic rings. The minimum atomic E-state index is -0.637. The molecular weight excluding hydrogens is 230 g/mol. The predicted octanol–water partition coefficient (Wildman–Crippen LogP) is 1.15. The van der Waals surface area contributed by atoms with E-state index in [-0.39, 0.29) is 12.5 Å². The first kappa shape index (κ1) is 12.5. The van der Waals surface area contributed by atoms with E-state index in [1.165, 1.54) is 7.11 Å². The number of fused-ring (bicyclic) bond motifs is 1. The van der Waals surface area contributed by atoms with Gasteiger partial charge in [-0.3, -0.25) is 9.78 Å². The van der Waals surface area contributed by atoms with Gasteiger partial charge in [0.15, 0.2) is 0 Å². The number of nitrogens with zero attached hydrogens (tertiary/aromatic N) is 1. The second-order valence-electron chi connectivity index (χ2n) is 3.85. The number of anilines is 1. The molecule has 0 saturated carbocycles. The Morgan fingerprint density at radius 2 is 2.33 bits per heavy atom. The third kappa shape index (κ3) is 2.47. The number of aromatic nitrogens is 1. The quantitative estimate of drug-likeness (QED) is 0.847. The number of hydrogen-bond acceptors (Lipinski definition) is 4. The summed E-state index contributed by atoms with van der Waals surface area (Å²) in [7, 11) is 1.46. The second-order valence-corrected chi connectivity index (χ2v) is 3.85. The molecule has 94 valence electrons. The van der Waals surface area contributed by atoms with Crippen molar-refractivity contribution in [2.45, 2.75) is 6.10 Å². The minimum absolute atomic E-state index is 0.147. The fourth-order valence-corrected chi connectivity index (χ4v) is 1.76. The van der Waals surface area contributed by atoms with E-state index in [1.54, 1.807) is 12.4 Å². The van der Waals surface area contributed by atoms with E-state index in [0.29, 0.717) is 0 Å². The van der Waals surface area contributed by atoms with E-state index in [4.69, 9.17) is 10.5 Å². The highest BCUT2D eigenvalue weighted by molar-refractivity contribution is 6.03. The molecule has 1 unspecified atom stereocenters. The maximum atomic E-state index is 11.9. The van der Waals surface area contributed by atoms with Gasteiger partial charge in [-0.15, -0.1) is 0 Å². The maximum Gasteiger partial charge on any atom is 0.254 e. The van der Waals surface area contributed by atoms with Crippen molar-refractivity contribution in [3.8, 4) is 0 Å². The molecule has 2 aromatic rings. The molecular formula is C13H15N3O2. The van der Waals surface area contributed by atoms with Crippen LogP contribution in [0.5, 0.6) is 0 Å². The zero-order valence-electron chi connectivity index (χ0n) is 10.1. The number of carbonyl (C=O) groups is 1. The molecule has 0 spiro atoms. The van der Waals surface area contributed by atoms with E-state index >= 15 is 0 Å². The molecule has 1 atom stereocenters. The molecule has 3 N–H and O–H groups in total. The van der Waals surface area contributed by atoms with Crippen LogP contribution < -0.4 is 11.1 Å². The third-order valence-corrected chi connectivity index (χ3v) is 2.73. The molecule has 0 saturated heterocycles. The second kappa shape index (κ2) is 5.57. The van der Waals surface area contributed by atoms with Crippen molar-refractivity contribution >= 4 is 22.4 Å². The number of methoxy groups -OCH3 is 1. The van der Waals surface area contributed by atoms with Gasteiger partial charge in [0.05, 0.1) is 0 Å². The predicted molar refractivity (Wildman–Crippen MR) is 70.2 cm³/mol. The van der Waals surface area contributed by atoms with Crippen LogP contribution in [0.3, 0.4) is 0 Å². The van der Waals surface area contributed by atoms with E-state index in [1.807, 2.05) is 24.3 Å². The summed E-state index contributed by atoms with van der Waals surface area (Å²) in [6.07, 6.45) is 2.80. The largest absolute Gasteiger partial charge is 0.370 e. The first-order valence-corrected chi connectivity index (χ1v) is 5.62. The Labute approximate surface area is 105 Å². The van der Waals surface area contributed by atoms with E-state index in [0.717, 1.165) is 16.5 Å².